The Morgan fingerprint density at radius 1 is 0.562 bits per heavy atom. The molecule has 0 amide bonds. The lowest BCUT2D eigenvalue weighted by Crippen LogP contribution is -2.29. The van der Waals surface area contributed by atoms with E-state index in [1.165, 1.54) is 0 Å². The van der Waals surface area contributed by atoms with E-state index in [2.05, 4.69) is 30.3 Å². The van der Waals surface area contributed by atoms with Crippen molar-refractivity contribution >= 4 is 21.5 Å². The van der Waals surface area contributed by atoms with Crippen molar-refractivity contribution in [3.8, 4) is 11.5 Å². The van der Waals surface area contributed by atoms with Crippen LogP contribution in [0.25, 0.3) is 21.5 Å². The van der Waals surface area contributed by atoms with E-state index in [9.17, 15) is 5.11 Å². The highest BCUT2D eigenvalue weighted by atomic mass is 16.5. The largest absolute Gasteiger partial charge is 0.497 e. The molecule has 0 saturated heterocycles. The maximum Gasteiger partial charge on any atom is 0.141 e. The van der Waals surface area contributed by atoms with Crippen LogP contribution in [-0.2, 0) is 5.60 Å². The lowest BCUT2D eigenvalue weighted by Gasteiger charge is -2.33. The van der Waals surface area contributed by atoms with Gasteiger partial charge in [0.05, 0.1) is 14.2 Å². The third-order valence-electron chi connectivity index (χ3n) is 6.15. The maximum absolute atomic E-state index is 12.7. The molecule has 0 spiro atoms. The first kappa shape index (κ1) is 20.1. The highest BCUT2D eigenvalue weighted by Gasteiger charge is 2.37. The van der Waals surface area contributed by atoms with Crippen LogP contribution in [0.3, 0.4) is 0 Å². The summed E-state index contributed by atoms with van der Waals surface area (Å²) in [4.78, 5) is 0. The standard InChI is InChI=1S/C29H24O3/c1-31-24-15-11-22(12-16-24)29(30,23-13-17-25(32-2)18-14-23)28-26-9-5-3-7-20(26)19-21-8-4-6-10-27(21)28/h3-19,30H,1-2H3. The Bertz CT molecular complexity index is 1280. The van der Waals surface area contributed by atoms with E-state index in [1.54, 1.807) is 14.2 Å². The molecular weight excluding hydrogens is 396 g/mol. The summed E-state index contributed by atoms with van der Waals surface area (Å²) in [6.45, 7) is 0. The molecule has 0 atom stereocenters. The van der Waals surface area contributed by atoms with Crippen LogP contribution in [0.5, 0.6) is 11.5 Å². The first-order valence-corrected chi connectivity index (χ1v) is 10.6. The lowest BCUT2D eigenvalue weighted by molar-refractivity contribution is 0.128. The van der Waals surface area contributed by atoms with Crippen LogP contribution in [0, 0.1) is 0 Å². The van der Waals surface area contributed by atoms with Crippen molar-refractivity contribution in [1.29, 1.82) is 0 Å². The van der Waals surface area contributed by atoms with E-state index in [0.717, 1.165) is 49.7 Å². The zero-order valence-corrected chi connectivity index (χ0v) is 18.1. The molecule has 0 aliphatic heterocycles. The minimum absolute atomic E-state index is 0.744. The summed E-state index contributed by atoms with van der Waals surface area (Å²) in [5.74, 6) is 1.49. The van der Waals surface area contributed by atoms with Crippen LogP contribution in [0.1, 0.15) is 16.7 Å². The average Bonchev–Trinajstić information content (AvgIpc) is 2.87. The second-order valence-corrected chi connectivity index (χ2v) is 7.86. The maximum atomic E-state index is 12.7. The second-order valence-electron chi connectivity index (χ2n) is 7.86. The van der Waals surface area contributed by atoms with Crippen molar-refractivity contribution < 1.29 is 14.6 Å². The molecule has 5 aromatic rings. The van der Waals surface area contributed by atoms with Crippen molar-refractivity contribution in [3.63, 3.8) is 0 Å². The number of aliphatic hydroxyl groups is 1. The van der Waals surface area contributed by atoms with E-state index >= 15 is 0 Å². The molecule has 5 rings (SSSR count). The van der Waals surface area contributed by atoms with Crippen molar-refractivity contribution in [2.24, 2.45) is 0 Å². The van der Waals surface area contributed by atoms with E-state index in [4.69, 9.17) is 9.47 Å². The number of ether oxygens (including phenoxy) is 2. The minimum Gasteiger partial charge on any atom is -0.497 e. The second kappa shape index (κ2) is 8.03. The van der Waals surface area contributed by atoms with Crippen LogP contribution in [0.15, 0.2) is 103 Å². The molecule has 3 heteroatoms. The van der Waals surface area contributed by atoms with Crippen LogP contribution >= 0.6 is 0 Å². The number of rotatable bonds is 5. The summed E-state index contributed by atoms with van der Waals surface area (Å²) in [6, 6.07) is 33.9. The molecule has 0 fully saturated rings. The fourth-order valence-electron chi connectivity index (χ4n) is 4.52. The molecule has 0 bridgehead atoms. The van der Waals surface area contributed by atoms with Gasteiger partial charge in [-0.15, -0.1) is 0 Å². The highest BCUT2D eigenvalue weighted by molar-refractivity contribution is 6.03. The van der Waals surface area contributed by atoms with E-state index in [-0.39, 0.29) is 0 Å². The van der Waals surface area contributed by atoms with Crippen LogP contribution in [-0.4, -0.2) is 19.3 Å². The summed E-state index contributed by atoms with van der Waals surface area (Å²) in [6.07, 6.45) is 0. The smallest absolute Gasteiger partial charge is 0.141 e. The third-order valence-corrected chi connectivity index (χ3v) is 6.15. The molecule has 0 aliphatic carbocycles. The Balaban J connectivity index is 1.90. The summed E-state index contributed by atoms with van der Waals surface area (Å²) in [7, 11) is 3.28. The van der Waals surface area contributed by atoms with Crippen molar-refractivity contribution in [3.05, 3.63) is 120 Å². The molecule has 0 aliphatic rings. The molecule has 5 aromatic carbocycles. The van der Waals surface area contributed by atoms with Gasteiger partial charge >= 0.3 is 0 Å². The van der Waals surface area contributed by atoms with Gasteiger partial charge < -0.3 is 14.6 Å². The predicted octanol–water partition coefficient (Wildman–Crippen LogP) is 6.29. The van der Waals surface area contributed by atoms with E-state index in [1.807, 2.05) is 72.8 Å². The normalized spacial score (nSPS) is 11.6. The molecule has 32 heavy (non-hydrogen) atoms. The fraction of sp³-hybridized carbons (Fsp3) is 0.103. The topological polar surface area (TPSA) is 38.7 Å². The summed E-state index contributed by atoms with van der Waals surface area (Å²) in [5, 5.41) is 16.9. The highest BCUT2D eigenvalue weighted by Crippen LogP contribution is 2.44. The lowest BCUT2D eigenvalue weighted by atomic mass is 9.76. The summed E-state index contributed by atoms with van der Waals surface area (Å²) >= 11 is 0. The van der Waals surface area contributed by atoms with Gasteiger partial charge in [0.1, 0.15) is 17.1 Å². The number of methoxy groups -OCH3 is 2. The van der Waals surface area contributed by atoms with Gasteiger partial charge in [-0.3, -0.25) is 0 Å². The van der Waals surface area contributed by atoms with Crippen LogP contribution < -0.4 is 9.47 Å². The quantitative estimate of drug-likeness (QED) is 0.268. The molecule has 0 aromatic heterocycles. The number of hydrogen-bond acceptors (Lipinski definition) is 3. The van der Waals surface area contributed by atoms with Crippen LogP contribution in [0.4, 0.5) is 0 Å². The average molecular weight is 421 g/mol. The molecule has 3 nitrogen and oxygen atoms in total. The number of benzene rings is 5. The summed E-state index contributed by atoms with van der Waals surface area (Å²) < 4.78 is 10.7. The molecule has 158 valence electrons. The molecule has 1 N–H and O–H groups in total. The third kappa shape index (κ3) is 3.19. The zero-order valence-electron chi connectivity index (χ0n) is 18.1. The molecule has 0 radical (unpaired) electrons. The van der Waals surface area contributed by atoms with Gasteiger partial charge in [0.2, 0.25) is 0 Å². The van der Waals surface area contributed by atoms with Gasteiger partial charge in [-0.25, -0.2) is 0 Å². The minimum atomic E-state index is -1.39. The first-order chi connectivity index (χ1) is 15.6. The van der Waals surface area contributed by atoms with Gasteiger partial charge in [0.15, 0.2) is 0 Å². The van der Waals surface area contributed by atoms with Gasteiger partial charge in [-0.05, 0) is 63.0 Å². The monoisotopic (exact) mass is 420 g/mol. The molecular formula is C29H24O3. The van der Waals surface area contributed by atoms with Crippen molar-refractivity contribution in [2.75, 3.05) is 14.2 Å². The Morgan fingerprint density at radius 2 is 0.969 bits per heavy atom. The van der Waals surface area contributed by atoms with Gasteiger partial charge in [-0.1, -0.05) is 72.8 Å². The van der Waals surface area contributed by atoms with Crippen molar-refractivity contribution in [1.82, 2.24) is 0 Å². The Hall–Kier alpha value is -3.82. The number of hydrogen-bond donors (Lipinski definition) is 1. The fourth-order valence-corrected chi connectivity index (χ4v) is 4.52. The molecule has 0 heterocycles. The SMILES string of the molecule is COc1ccc(C(O)(c2ccc(OC)cc2)c2c3ccccc3cc3ccccc23)cc1. The van der Waals surface area contributed by atoms with E-state index < -0.39 is 5.60 Å². The van der Waals surface area contributed by atoms with Crippen LogP contribution in [0.2, 0.25) is 0 Å². The zero-order chi connectivity index (χ0) is 22.1. The Labute approximate surface area is 187 Å². The number of fused-ring (bicyclic) bond motifs is 2. The molecule has 0 saturated carbocycles. The van der Waals surface area contributed by atoms with Gasteiger partial charge in [-0.2, -0.15) is 0 Å². The first-order valence-electron chi connectivity index (χ1n) is 10.6. The van der Waals surface area contributed by atoms with E-state index in [0.29, 0.717) is 0 Å². The predicted molar refractivity (Wildman–Crippen MR) is 130 cm³/mol. The van der Waals surface area contributed by atoms with Gasteiger partial charge in [0, 0.05) is 5.56 Å². The Morgan fingerprint density at radius 3 is 1.38 bits per heavy atom. The van der Waals surface area contributed by atoms with Crippen molar-refractivity contribution in [2.45, 2.75) is 5.60 Å². The summed E-state index contributed by atoms with van der Waals surface area (Å²) in [5.41, 5.74) is 1.01. The Kier molecular flexibility index (Phi) is 5.04. The molecule has 0 unspecified atom stereocenters. The van der Waals surface area contributed by atoms with Gasteiger partial charge in [0.25, 0.3) is 0 Å².